The molecule has 0 fully saturated rings. The highest BCUT2D eigenvalue weighted by molar-refractivity contribution is 5.55. The van der Waals surface area contributed by atoms with E-state index in [0.717, 1.165) is 30.2 Å². The van der Waals surface area contributed by atoms with Gasteiger partial charge in [0.05, 0.1) is 13.3 Å². The lowest BCUT2D eigenvalue weighted by Crippen LogP contribution is -2.08. The van der Waals surface area contributed by atoms with Crippen LogP contribution < -0.4 is 15.4 Å². The molecule has 0 unspecified atom stereocenters. The number of methoxy groups -OCH3 is 1. The maximum absolute atomic E-state index is 5.12. The van der Waals surface area contributed by atoms with Crippen LogP contribution in [0.4, 0.5) is 17.5 Å². The van der Waals surface area contributed by atoms with Crippen molar-refractivity contribution in [2.75, 3.05) is 24.3 Å². The van der Waals surface area contributed by atoms with Crippen molar-refractivity contribution in [1.29, 1.82) is 0 Å². The molecular formula is C15H21N5O. The van der Waals surface area contributed by atoms with Crippen molar-refractivity contribution in [3.8, 4) is 5.75 Å². The van der Waals surface area contributed by atoms with E-state index in [4.69, 9.17) is 4.74 Å². The van der Waals surface area contributed by atoms with E-state index in [0.29, 0.717) is 11.9 Å². The van der Waals surface area contributed by atoms with Gasteiger partial charge in [0.15, 0.2) is 5.82 Å². The van der Waals surface area contributed by atoms with Gasteiger partial charge in [-0.15, -0.1) is 5.10 Å². The minimum absolute atomic E-state index is 0.467. The summed E-state index contributed by atoms with van der Waals surface area (Å²) in [5.74, 6) is 2.66. The number of aromatic nitrogens is 3. The summed E-state index contributed by atoms with van der Waals surface area (Å²) >= 11 is 0. The van der Waals surface area contributed by atoms with E-state index in [1.54, 1.807) is 13.3 Å². The zero-order valence-corrected chi connectivity index (χ0v) is 12.6. The quantitative estimate of drug-likeness (QED) is 0.815. The van der Waals surface area contributed by atoms with Crippen LogP contribution in [0.2, 0.25) is 0 Å². The summed E-state index contributed by atoms with van der Waals surface area (Å²) in [5.41, 5.74) is 0.886. The lowest BCUT2D eigenvalue weighted by atomic mass is 10.1. The van der Waals surface area contributed by atoms with E-state index >= 15 is 0 Å². The molecule has 0 aliphatic carbocycles. The van der Waals surface area contributed by atoms with Crippen LogP contribution >= 0.6 is 0 Å². The van der Waals surface area contributed by atoms with Gasteiger partial charge in [0, 0.05) is 12.2 Å². The lowest BCUT2D eigenvalue weighted by molar-refractivity contribution is 0.415. The molecule has 0 bridgehead atoms. The molecule has 0 saturated heterocycles. The molecule has 2 N–H and O–H groups in total. The second kappa shape index (κ2) is 7.42. The number of nitrogens with one attached hydrogen (secondary N) is 2. The maximum Gasteiger partial charge on any atom is 0.249 e. The molecule has 2 rings (SSSR count). The highest BCUT2D eigenvalue weighted by atomic mass is 16.5. The number of rotatable bonds is 7. The summed E-state index contributed by atoms with van der Waals surface area (Å²) in [5, 5.41) is 14.3. The Labute approximate surface area is 125 Å². The van der Waals surface area contributed by atoms with Crippen molar-refractivity contribution in [1.82, 2.24) is 15.2 Å². The highest BCUT2D eigenvalue weighted by Gasteiger charge is 2.02. The van der Waals surface area contributed by atoms with E-state index in [9.17, 15) is 0 Å². The third-order valence-electron chi connectivity index (χ3n) is 2.93. The second-order valence-electron chi connectivity index (χ2n) is 5.13. The van der Waals surface area contributed by atoms with Crippen LogP contribution in [0.3, 0.4) is 0 Å². The van der Waals surface area contributed by atoms with Crippen LogP contribution in [0.1, 0.15) is 20.3 Å². The van der Waals surface area contributed by atoms with Gasteiger partial charge < -0.3 is 15.4 Å². The van der Waals surface area contributed by atoms with Crippen molar-refractivity contribution in [2.24, 2.45) is 5.92 Å². The molecule has 0 aliphatic rings. The molecule has 0 radical (unpaired) electrons. The van der Waals surface area contributed by atoms with Crippen molar-refractivity contribution in [3.05, 3.63) is 30.5 Å². The number of benzene rings is 1. The van der Waals surface area contributed by atoms with Gasteiger partial charge in [0.25, 0.3) is 0 Å². The van der Waals surface area contributed by atoms with E-state index in [1.807, 2.05) is 24.3 Å². The van der Waals surface area contributed by atoms with E-state index in [-0.39, 0.29) is 0 Å². The van der Waals surface area contributed by atoms with E-state index < -0.39 is 0 Å². The van der Waals surface area contributed by atoms with Crippen molar-refractivity contribution < 1.29 is 4.74 Å². The van der Waals surface area contributed by atoms with Crippen molar-refractivity contribution in [3.63, 3.8) is 0 Å². The van der Waals surface area contributed by atoms with Gasteiger partial charge in [-0.2, -0.15) is 10.1 Å². The van der Waals surface area contributed by atoms with Crippen LogP contribution in [-0.2, 0) is 0 Å². The second-order valence-corrected chi connectivity index (χ2v) is 5.13. The number of hydrogen-bond donors (Lipinski definition) is 2. The molecule has 21 heavy (non-hydrogen) atoms. The van der Waals surface area contributed by atoms with E-state index in [1.165, 1.54) is 0 Å². The Morgan fingerprint density at radius 2 is 1.95 bits per heavy atom. The summed E-state index contributed by atoms with van der Waals surface area (Å²) in [6, 6.07) is 7.56. The molecule has 1 heterocycles. The Morgan fingerprint density at radius 3 is 2.62 bits per heavy atom. The first-order chi connectivity index (χ1) is 10.2. The zero-order valence-electron chi connectivity index (χ0n) is 12.6. The lowest BCUT2D eigenvalue weighted by Gasteiger charge is -2.09. The molecule has 0 aliphatic heterocycles. The molecule has 0 spiro atoms. The van der Waals surface area contributed by atoms with Gasteiger partial charge >= 0.3 is 0 Å². The van der Waals surface area contributed by atoms with Gasteiger partial charge in [-0.25, -0.2) is 0 Å². The van der Waals surface area contributed by atoms with Crippen LogP contribution in [0.15, 0.2) is 30.5 Å². The predicted octanol–water partition coefficient (Wildman–Crippen LogP) is 3.08. The van der Waals surface area contributed by atoms with Crippen LogP contribution in [-0.4, -0.2) is 28.8 Å². The molecule has 112 valence electrons. The summed E-state index contributed by atoms with van der Waals surface area (Å²) in [6.07, 6.45) is 2.71. The fourth-order valence-corrected chi connectivity index (χ4v) is 1.73. The number of ether oxygens (including phenoxy) is 1. The third-order valence-corrected chi connectivity index (χ3v) is 2.93. The van der Waals surface area contributed by atoms with Crippen LogP contribution in [0, 0.1) is 5.92 Å². The Hall–Kier alpha value is -2.37. The Kier molecular flexibility index (Phi) is 5.31. The van der Waals surface area contributed by atoms with Crippen LogP contribution in [0.5, 0.6) is 5.75 Å². The molecule has 1 aromatic heterocycles. The monoisotopic (exact) mass is 287 g/mol. The average molecular weight is 287 g/mol. The molecule has 6 nitrogen and oxygen atoms in total. The molecule has 0 atom stereocenters. The first-order valence-corrected chi connectivity index (χ1v) is 7.02. The molecular weight excluding hydrogens is 266 g/mol. The summed E-state index contributed by atoms with van der Waals surface area (Å²) in [4.78, 5) is 4.38. The normalized spacial score (nSPS) is 10.5. The minimum atomic E-state index is 0.467. The first kappa shape index (κ1) is 15.0. The molecule has 6 heteroatoms. The fourth-order valence-electron chi connectivity index (χ4n) is 1.73. The minimum Gasteiger partial charge on any atom is -0.497 e. The smallest absolute Gasteiger partial charge is 0.249 e. The highest BCUT2D eigenvalue weighted by Crippen LogP contribution is 2.18. The Balaban J connectivity index is 1.96. The van der Waals surface area contributed by atoms with Gasteiger partial charge in [0.2, 0.25) is 5.95 Å². The summed E-state index contributed by atoms with van der Waals surface area (Å²) < 4.78 is 5.12. The number of hydrogen-bond acceptors (Lipinski definition) is 6. The van der Waals surface area contributed by atoms with Crippen LogP contribution in [0.25, 0.3) is 0 Å². The topological polar surface area (TPSA) is 72.0 Å². The molecule has 0 amide bonds. The zero-order chi connectivity index (χ0) is 15.1. The largest absolute Gasteiger partial charge is 0.497 e. The number of nitrogens with zero attached hydrogens (tertiary/aromatic N) is 3. The standard InChI is InChI=1S/C15H21N5O/c1-11(2)8-9-16-14-10-17-20-15(19-14)18-12-4-6-13(21-3)7-5-12/h4-7,10-11H,8-9H2,1-3H3,(H2,16,18,19,20). The molecule has 1 aromatic carbocycles. The SMILES string of the molecule is COc1ccc(Nc2nncc(NCCC(C)C)n2)cc1. The maximum atomic E-state index is 5.12. The first-order valence-electron chi connectivity index (χ1n) is 7.02. The van der Waals surface area contributed by atoms with Gasteiger partial charge in [-0.3, -0.25) is 0 Å². The molecule has 2 aromatic rings. The van der Waals surface area contributed by atoms with Crippen molar-refractivity contribution >= 4 is 17.5 Å². The van der Waals surface area contributed by atoms with Crippen molar-refractivity contribution in [2.45, 2.75) is 20.3 Å². The van der Waals surface area contributed by atoms with E-state index in [2.05, 4.69) is 39.7 Å². The Morgan fingerprint density at radius 1 is 1.19 bits per heavy atom. The third kappa shape index (κ3) is 4.91. The predicted molar refractivity (Wildman–Crippen MR) is 84.0 cm³/mol. The Bertz CT molecular complexity index is 556. The van der Waals surface area contributed by atoms with Gasteiger partial charge in [0.1, 0.15) is 5.75 Å². The van der Waals surface area contributed by atoms with Gasteiger partial charge in [-0.05, 0) is 36.6 Å². The summed E-state index contributed by atoms with van der Waals surface area (Å²) in [7, 11) is 1.64. The average Bonchev–Trinajstić information content (AvgIpc) is 2.48. The molecule has 0 saturated carbocycles. The summed E-state index contributed by atoms with van der Waals surface area (Å²) in [6.45, 7) is 5.26. The number of anilines is 3. The fraction of sp³-hybridized carbons (Fsp3) is 0.400. The van der Waals surface area contributed by atoms with Gasteiger partial charge in [-0.1, -0.05) is 13.8 Å².